The van der Waals surface area contributed by atoms with Crippen molar-refractivity contribution in [2.75, 3.05) is 18.5 Å². The number of nitrogens with one attached hydrogen (secondary N) is 2. The van der Waals surface area contributed by atoms with Gasteiger partial charge < -0.3 is 15.4 Å². The van der Waals surface area contributed by atoms with Crippen molar-refractivity contribution in [2.24, 2.45) is 0 Å². The van der Waals surface area contributed by atoms with E-state index in [4.69, 9.17) is 4.74 Å². The Bertz CT molecular complexity index is 782. The van der Waals surface area contributed by atoms with Crippen LogP contribution in [0.5, 0.6) is 0 Å². The second-order valence-electron chi connectivity index (χ2n) is 6.54. The molecule has 5 heteroatoms. The molecule has 26 heavy (non-hydrogen) atoms. The summed E-state index contributed by atoms with van der Waals surface area (Å²) in [5.41, 5.74) is 3.04. The summed E-state index contributed by atoms with van der Waals surface area (Å²) in [4.78, 5) is 24.9. The summed E-state index contributed by atoms with van der Waals surface area (Å²) in [7, 11) is 0. The van der Waals surface area contributed by atoms with Crippen LogP contribution in [0.4, 0.5) is 5.69 Å². The molecule has 5 nitrogen and oxygen atoms in total. The number of ether oxygens (including phenoxy) is 1. The first-order valence-corrected chi connectivity index (χ1v) is 8.96. The molecule has 2 amide bonds. The van der Waals surface area contributed by atoms with Gasteiger partial charge in [-0.1, -0.05) is 36.4 Å². The summed E-state index contributed by atoms with van der Waals surface area (Å²) in [6, 6.07) is 14.8. The summed E-state index contributed by atoms with van der Waals surface area (Å²) in [5, 5.41) is 5.76. The van der Waals surface area contributed by atoms with Crippen molar-refractivity contribution in [3.63, 3.8) is 0 Å². The predicted molar refractivity (Wildman–Crippen MR) is 101 cm³/mol. The largest absolute Gasteiger partial charge is 0.376 e. The molecule has 136 valence electrons. The van der Waals surface area contributed by atoms with Crippen molar-refractivity contribution in [1.82, 2.24) is 5.32 Å². The minimum absolute atomic E-state index is 0.0850. The third kappa shape index (κ3) is 4.70. The predicted octanol–water partition coefficient (Wildman–Crippen LogP) is 3.09. The van der Waals surface area contributed by atoms with Gasteiger partial charge in [-0.3, -0.25) is 9.59 Å². The van der Waals surface area contributed by atoms with Crippen LogP contribution < -0.4 is 10.6 Å². The number of carbonyl (C=O) groups excluding carboxylic acids is 2. The monoisotopic (exact) mass is 352 g/mol. The number of rotatable bonds is 6. The van der Waals surface area contributed by atoms with Gasteiger partial charge in [0, 0.05) is 13.2 Å². The first kappa shape index (κ1) is 18.1. The molecule has 1 unspecified atom stereocenters. The Morgan fingerprint density at radius 3 is 2.65 bits per heavy atom. The van der Waals surface area contributed by atoms with Crippen molar-refractivity contribution in [3.05, 3.63) is 65.2 Å². The molecule has 0 aliphatic carbocycles. The average molecular weight is 352 g/mol. The third-order valence-corrected chi connectivity index (χ3v) is 4.57. The van der Waals surface area contributed by atoms with Gasteiger partial charge in [-0.2, -0.15) is 0 Å². The fraction of sp³-hybridized carbons (Fsp3) is 0.333. The Balaban J connectivity index is 1.63. The number of aryl methyl sites for hydroxylation is 1. The number of anilines is 1. The molecule has 0 saturated carbocycles. The number of benzene rings is 2. The van der Waals surface area contributed by atoms with Crippen LogP contribution >= 0.6 is 0 Å². The van der Waals surface area contributed by atoms with Crippen LogP contribution in [0.2, 0.25) is 0 Å². The zero-order chi connectivity index (χ0) is 18.4. The molecule has 1 aliphatic heterocycles. The second kappa shape index (κ2) is 8.63. The maximum Gasteiger partial charge on any atom is 0.253 e. The maximum absolute atomic E-state index is 12.5. The zero-order valence-corrected chi connectivity index (χ0v) is 15.0. The lowest BCUT2D eigenvalue weighted by Crippen LogP contribution is -2.32. The van der Waals surface area contributed by atoms with Gasteiger partial charge in [-0.15, -0.1) is 0 Å². The van der Waals surface area contributed by atoms with Crippen LogP contribution in [0.3, 0.4) is 0 Å². The van der Waals surface area contributed by atoms with E-state index in [1.807, 2.05) is 31.2 Å². The number of hydrogen-bond donors (Lipinski definition) is 2. The highest BCUT2D eigenvalue weighted by atomic mass is 16.5. The maximum atomic E-state index is 12.5. The van der Waals surface area contributed by atoms with E-state index in [2.05, 4.69) is 10.6 Å². The second-order valence-corrected chi connectivity index (χ2v) is 6.54. The quantitative estimate of drug-likeness (QED) is 0.839. The van der Waals surface area contributed by atoms with Gasteiger partial charge in [-0.05, 0) is 43.0 Å². The van der Waals surface area contributed by atoms with E-state index in [-0.39, 0.29) is 24.3 Å². The van der Waals surface area contributed by atoms with E-state index in [0.29, 0.717) is 17.8 Å². The molecular weight excluding hydrogens is 328 g/mol. The molecule has 3 rings (SSSR count). The summed E-state index contributed by atoms with van der Waals surface area (Å²) in [5.74, 6) is -0.342. The molecule has 2 aromatic rings. The molecule has 2 N–H and O–H groups in total. The van der Waals surface area contributed by atoms with E-state index in [1.54, 1.807) is 24.3 Å². The van der Waals surface area contributed by atoms with E-state index in [9.17, 15) is 9.59 Å². The van der Waals surface area contributed by atoms with Gasteiger partial charge in [0.1, 0.15) is 0 Å². The van der Waals surface area contributed by atoms with Crippen LogP contribution in [-0.4, -0.2) is 31.1 Å². The van der Waals surface area contributed by atoms with Crippen molar-refractivity contribution >= 4 is 17.5 Å². The van der Waals surface area contributed by atoms with E-state index < -0.39 is 0 Å². The van der Waals surface area contributed by atoms with Crippen LogP contribution in [0.1, 0.15) is 34.3 Å². The lowest BCUT2D eigenvalue weighted by molar-refractivity contribution is -0.115. The van der Waals surface area contributed by atoms with Crippen molar-refractivity contribution < 1.29 is 14.3 Å². The van der Waals surface area contributed by atoms with E-state index in [0.717, 1.165) is 30.6 Å². The zero-order valence-electron chi connectivity index (χ0n) is 15.0. The van der Waals surface area contributed by atoms with Crippen LogP contribution in [0.15, 0.2) is 48.5 Å². The molecule has 0 aromatic heterocycles. The average Bonchev–Trinajstić information content (AvgIpc) is 3.16. The Hall–Kier alpha value is -2.66. The first-order valence-electron chi connectivity index (χ1n) is 8.96. The first-order chi connectivity index (χ1) is 12.6. The standard InChI is InChI=1S/C21H24N2O3/c1-15-7-2-3-8-16(15)13-20(24)23-19-11-5-4-10-18(19)21(25)22-14-17-9-6-12-26-17/h2-5,7-8,10-11,17H,6,9,12-14H2,1H3,(H,22,25)(H,23,24). The highest BCUT2D eigenvalue weighted by Crippen LogP contribution is 2.17. The lowest BCUT2D eigenvalue weighted by Gasteiger charge is -2.14. The van der Waals surface area contributed by atoms with Gasteiger partial charge in [0.25, 0.3) is 5.91 Å². The summed E-state index contributed by atoms with van der Waals surface area (Å²) in [6.45, 7) is 3.23. The fourth-order valence-corrected chi connectivity index (χ4v) is 3.07. The minimum Gasteiger partial charge on any atom is -0.376 e. The molecule has 0 bridgehead atoms. The van der Waals surface area contributed by atoms with Crippen LogP contribution in [0, 0.1) is 6.92 Å². The third-order valence-electron chi connectivity index (χ3n) is 4.57. The van der Waals surface area contributed by atoms with Gasteiger partial charge in [-0.25, -0.2) is 0 Å². The number of para-hydroxylation sites is 1. The Morgan fingerprint density at radius 2 is 1.88 bits per heavy atom. The van der Waals surface area contributed by atoms with Crippen LogP contribution in [0.25, 0.3) is 0 Å². The smallest absolute Gasteiger partial charge is 0.253 e. The van der Waals surface area contributed by atoms with Gasteiger partial charge in [0.15, 0.2) is 0 Å². The molecule has 2 aromatic carbocycles. The Morgan fingerprint density at radius 1 is 1.12 bits per heavy atom. The Kier molecular flexibility index (Phi) is 6.02. The van der Waals surface area contributed by atoms with Gasteiger partial charge >= 0.3 is 0 Å². The molecular formula is C21H24N2O3. The molecule has 0 radical (unpaired) electrons. The highest BCUT2D eigenvalue weighted by molar-refractivity contribution is 6.04. The van der Waals surface area contributed by atoms with E-state index >= 15 is 0 Å². The SMILES string of the molecule is Cc1ccccc1CC(=O)Nc1ccccc1C(=O)NCC1CCCO1. The van der Waals surface area contributed by atoms with Crippen LogP contribution in [-0.2, 0) is 16.0 Å². The van der Waals surface area contributed by atoms with Crippen molar-refractivity contribution in [3.8, 4) is 0 Å². The number of amides is 2. The molecule has 1 aliphatic rings. The number of hydrogen-bond acceptors (Lipinski definition) is 3. The molecule has 1 fully saturated rings. The summed E-state index contributed by atoms with van der Waals surface area (Å²) >= 11 is 0. The summed E-state index contributed by atoms with van der Waals surface area (Å²) < 4.78 is 5.53. The van der Waals surface area contributed by atoms with Gasteiger partial charge in [0.05, 0.1) is 23.8 Å². The van der Waals surface area contributed by atoms with Gasteiger partial charge in [0.2, 0.25) is 5.91 Å². The number of carbonyl (C=O) groups is 2. The summed E-state index contributed by atoms with van der Waals surface area (Å²) in [6.07, 6.45) is 2.36. The Labute approximate surface area is 153 Å². The van der Waals surface area contributed by atoms with Crippen molar-refractivity contribution in [2.45, 2.75) is 32.3 Å². The topological polar surface area (TPSA) is 67.4 Å². The van der Waals surface area contributed by atoms with Crippen molar-refractivity contribution in [1.29, 1.82) is 0 Å². The molecule has 1 saturated heterocycles. The molecule has 1 atom stereocenters. The minimum atomic E-state index is -0.202. The normalized spacial score (nSPS) is 16.3. The fourth-order valence-electron chi connectivity index (χ4n) is 3.07. The van der Waals surface area contributed by atoms with E-state index in [1.165, 1.54) is 0 Å². The lowest BCUT2D eigenvalue weighted by atomic mass is 10.1. The highest BCUT2D eigenvalue weighted by Gasteiger charge is 2.18. The molecule has 1 heterocycles. The molecule has 0 spiro atoms.